The highest BCUT2D eigenvalue weighted by Gasteiger charge is 2.25. The summed E-state index contributed by atoms with van der Waals surface area (Å²) in [6.45, 7) is 10.9. The standard InChI is InChI=1S/C32H32NO.C30H32N.C25H24N/c1-21-11-7-8-14-24(21)30-19-22(2)29(20-33(30)3)28-18-10-17-27-26-16-9-15-25(31(26)34-32(27)28)23-12-5-4-6-13-23;1-21-9-7-8-12-28(21)30-17-22(2)29(20-31(30)3)27-16-15-25-18-24(13-14-26(25)19-27)23-10-5-4-6-11-23;1-17-9-10-21-15-22(12-11-20(21)13-17)24-16-26(4)25(14-19(24)3)23-8-6-5-7-18(23)2/h7-11,14-20,23H,4-6,12-13H2,1-3H3;7-9,12-20,23H,4-6,10-11H2,1-3H3;5-16H,1-4H3/q3*+1/i2*23D;1D3. The van der Waals surface area contributed by atoms with E-state index in [2.05, 4.69) is 271 Å². The number of aryl methyl sites for hydroxylation is 10. The Morgan fingerprint density at radius 1 is 0.352 bits per heavy atom. The van der Waals surface area contributed by atoms with E-state index in [9.17, 15) is 1.37 Å². The molecule has 2 aliphatic carbocycles. The number of furan rings is 1. The third kappa shape index (κ3) is 12.6. The molecule has 0 saturated heterocycles. The van der Waals surface area contributed by atoms with Crippen LogP contribution in [0.1, 0.15) is 133 Å². The lowest BCUT2D eigenvalue weighted by Crippen LogP contribution is -2.31. The van der Waals surface area contributed by atoms with Gasteiger partial charge in [0.2, 0.25) is 17.1 Å². The zero-order valence-corrected chi connectivity index (χ0v) is 54.6. The Labute approximate surface area is 547 Å². The number of fused-ring (bicyclic) bond motifs is 5. The summed E-state index contributed by atoms with van der Waals surface area (Å²) in [5, 5.41) is 6.72. The Bertz CT molecular complexity index is 5100. The van der Waals surface area contributed by atoms with E-state index in [1.54, 1.807) is 12.1 Å². The number of rotatable bonds is 8. The van der Waals surface area contributed by atoms with Gasteiger partial charge < -0.3 is 4.42 Å². The fraction of sp³-hybridized carbons (Fsp3) is 0.253. The van der Waals surface area contributed by atoms with Crippen LogP contribution < -0.4 is 13.7 Å². The molecule has 2 aliphatic rings. The topological polar surface area (TPSA) is 24.8 Å². The maximum atomic E-state index is 9.26. The fourth-order valence-electron chi connectivity index (χ4n) is 14.4. The van der Waals surface area contributed by atoms with Crippen LogP contribution in [0.5, 0.6) is 0 Å². The molecular formula is C87H88N3O+3. The number of hydrogen-bond donors (Lipinski definition) is 0. The van der Waals surface area contributed by atoms with Crippen molar-refractivity contribution in [3.63, 3.8) is 0 Å². The van der Waals surface area contributed by atoms with Gasteiger partial charge in [-0.25, -0.2) is 13.7 Å². The van der Waals surface area contributed by atoms with Crippen LogP contribution in [0, 0.1) is 48.4 Å². The molecule has 2 fully saturated rings. The van der Waals surface area contributed by atoms with Crippen LogP contribution in [0.15, 0.2) is 223 Å². The molecule has 0 atom stereocenters. The Morgan fingerprint density at radius 3 is 1.29 bits per heavy atom. The average molecular weight is 1200 g/mol. The molecule has 15 rings (SSSR count). The average Bonchev–Trinajstić information content (AvgIpc) is 1.58. The first-order valence-electron chi connectivity index (χ1n) is 35.4. The minimum absolute atomic E-state index is 0.378. The van der Waals surface area contributed by atoms with E-state index in [0.29, 0.717) is 5.56 Å². The minimum Gasteiger partial charge on any atom is -0.455 e. The lowest BCUT2D eigenvalue weighted by atomic mass is 9.83. The number of benzene rings is 9. The molecule has 4 aromatic heterocycles. The molecule has 13 aromatic rings. The van der Waals surface area contributed by atoms with Crippen LogP contribution in [0.25, 0.3) is 111 Å². The molecule has 4 heteroatoms. The molecule has 0 amide bonds. The largest absolute Gasteiger partial charge is 0.455 e. The lowest BCUT2D eigenvalue weighted by Gasteiger charge is -2.22. The predicted molar refractivity (Wildman–Crippen MR) is 383 cm³/mol. The minimum atomic E-state index is -2.08. The Balaban J connectivity index is 0.000000131. The highest BCUT2D eigenvalue weighted by molar-refractivity contribution is 6.10. The first-order chi connectivity index (χ1) is 46.1. The van der Waals surface area contributed by atoms with E-state index in [0.717, 1.165) is 87.9 Å². The fourth-order valence-corrected chi connectivity index (χ4v) is 14.4. The lowest BCUT2D eigenvalue weighted by molar-refractivity contribution is -0.660. The van der Waals surface area contributed by atoms with Gasteiger partial charge in [-0.05, 0) is 193 Å². The summed E-state index contributed by atoms with van der Waals surface area (Å²) in [4.78, 5) is 0. The van der Waals surface area contributed by atoms with Gasteiger partial charge in [0, 0.05) is 69.2 Å². The highest BCUT2D eigenvalue weighted by atomic mass is 16.3. The third-order valence-electron chi connectivity index (χ3n) is 19.5. The zero-order chi connectivity index (χ0) is 67.2. The smallest absolute Gasteiger partial charge is 0.212 e. The van der Waals surface area contributed by atoms with Crippen molar-refractivity contribution >= 4 is 43.5 Å². The second-order valence-electron chi connectivity index (χ2n) is 25.9. The SMILES string of the molecule is [2H]C([2H])([2H])c1ccc2cc(-c3c[n+](C)c(-c4ccccc4C)cc3C)ccc2c1.[2H]C1(c2ccc3cc(-c4c[n+](C)c(-c5ccccc5C)cc4C)ccc3c2)CCCCC1.[2H]C1(c2cccc3c2oc2c(-c4c[n+](C)c(-c5ccccc5C)cc4C)cccc23)CCCCC1. The zero-order valence-electron chi connectivity index (χ0n) is 59.6. The number of para-hydroxylation sites is 2. The van der Waals surface area contributed by atoms with Crippen LogP contribution in [-0.2, 0) is 21.1 Å². The van der Waals surface area contributed by atoms with E-state index in [1.807, 2.05) is 12.1 Å². The second kappa shape index (κ2) is 26.3. The Hall–Kier alpha value is -9.25. The summed E-state index contributed by atoms with van der Waals surface area (Å²) >= 11 is 0. The summed E-state index contributed by atoms with van der Waals surface area (Å²) in [6, 6.07) is 70.2. The van der Waals surface area contributed by atoms with Gasteiger partial charge in [-0.3, -0.25) is 0 Å². The maximum absolute atomic E-state index is 9.26. The first kappa shape index (κ1) is 54.7. The van der Waals surface area contributed by atoms with Crippen LogP contribution >= 0.6 is 0 Å². The molecule has 0 radical (unpaired) electrons. The Kier molecular flexibility index (Phi) is 15.8. The van der Waals surface area contributed by atoms with Crippen molar-refractivity contribution in [2.45, 2.75) is 124 Å². The van der Waals surface area contributed by atoms with Crippen molar-refractivity contribution in [1.82, 2.24) is 0 Å². The van der Waals surface area contributed by atoms with Gasteiger partial charge in [0.15, 0.2) is 18.6 Å². The van der Waals surface area contributed by atoms with E-state index in [4.69, 9.17) is 9.90 Å². The number of aromatic nitrogens is 3. The van der Waals surface area contributed by atoms with E-state index in [1.165, 1.54) is 131 Å². The van der Waals surface area contributed by atoms with E-state index < -0.39 is 18.6 Å². The number of pyridine rings is 3. The molecule has 454 valence electrons. The molecule has 9 aromatic carbocycles. The van der Waals surface area contributed by atoms with Crippen molar-refractivity contribution in [1.29, 1.82) is 0 Å². The monoisotopic (exact) mass is 1200 g/mol. The van der Waals surface area contributed by atoms with Crippen molar-refractivity contribution in [3.05, 3.63) is 269 Å². The molecule has 0 unspecified atom stereocenters. The van der Waals surface area contributed by atoms with Gasteiger partial charge in [0.25, 0.3) is 0 Å². The summed E-state index contributed by atoms with van der Waals surface area (Å²) in [5.74, 6) is -0.954. The van der Waals surface area contributed by atoms with Crippen LogP contribution in [-0.4, -0.2) is 0 Å². The molecule has 4 heterocycles. The highest BCUT2D eigenvalue weighted by Crippen LogP contribution is 2.43. The van der Waals surface area contributed by atoms with Gasteiger partial charge in [-0.1, -0.05) is 196 Å². The number of hydrogen-bond acceptors (Lipinski definition) is 1. The summed E-state index contributed by atoms with van der Waals surface area (Å²) in [7, 11) is 6.33. The predicted octanol–water partition coefficient (Wildman–Crippen LogP) is 22.0. The van der Waals surface area contributed by atoms with E-state index in [-0.39, 0.29) is 0 Å². The summed E-state index contributed by atoms with van der Waals surface area (Å²) in [6.07, 6.45) is 17.5. The van der Waals surface area contributed by atoms with Crippen molar-refractivity contribution in [3.8, 4) is 67.2 Å². The first-order valence-corrected chi connectivity index (χ1v) is 32.9. The van der Waals surface area contributed by atoms with Crippen molar-refractivity contribution < 1.29 is 25.0 Å². The van der Waals surface area contributed by atoms with Gasteiger partial charge in [-0.15, -0.1) is 0 Å². The molecule has 2 saturated carbocycles. The molecule has 0 aliphatic heterocycles. The maximum Gasteiger partial charge on any atom is 0.212 e. The molecule has 0 N–H and O–H groups in total. The van der Waals surface area contributed by atoms with Gasteiger partial charge in [0.1, 0.15) is 32.3 Å². The van der Waals surface area contributed by atoms with Crippen LogP contribution in [0.2, 0.25) is 0 Å². The van der Waals surface area contributed by atoms with Crippen LogP contribution in [0.4, 0.5) is 0 Å². The van der Waals surface area contributed by atoms with E-state index >= 15 is 0 Å². The normalized spacial score (nSPS) is 15.4. The second-order valence-corrected chi connectivity index (χ2v) is 25.9. The molecule has 91 heavy (non-hydrogen) atoms. The molecule has 0 spiro atoms. The van der Waals surface area contributed by atoms with Gasteiger partial charge in [-0.2, -0.15) is 0 Å². The van der Waals surface area contributed by atoms with Crippen LogP contribution in [0.3, 0.4) is 0 Å². The van der Waals surface area contributed by atoms with Gasteiger partial charge in [0.05, 0.1) is 5.56 Å². The Morgan fingerprint density at radius 2 is 0.769 bits per heavy atom. The summed E-state index contributed by atoms with van der Waals surface area (Å²) in [5.41, 5.74) is 26.4. The van der Waals surface area contributed by atoms with Gasteiger partial charge >= 0.3 is 0 Å². The van der Waals surface area contributed by atoms with Crippen molar-refractivity contribution in [2.24, 2.45) is 21.1 Å². The number of nitrogens with zero attached hydrogens (tertiary/aromatic N) is 3. The molecular weight excluding hydrogens is 1100 g/mol. The third-order valence-corrected chi connectivity index (χ3v) is 19.5. The quantitative estimate of drug-likeness (QED) is 0.139. The molecule has 0 bridgehead atoms. The summed E-state index contributed by atoms with van der Waals surface area (Å²) < 4.78 is 54.4. The van der Waals surface area contributed by atoms with Crippen molar-refractivity contribution in [2.75, 3.05) is 0 Å². The molecule has 4 nitrogen and oxygen atoms in total.